The van der Waals surface area contributed by atoms with Crippen molar-refractivity contribution in [3.8, 4) is 0 Å². The van der Waals surface area contributed by atoms with Crippen LogP contribution in [-0.4, -0.2) is 47.9 Å². The molecule has 0 saturated carbocycles. The number of carbonyl (C=O) groups excluding carboxylic acids is 2. The van der Waals surface area contributed by atoms with Gasteiger partial charge in [0.2, 0.25) is 0 Å². The molecule has 1 aliphatic heterocycles. The maximum Gasteiger partial charge on any atom is 0.338 e. The molecule has 0 spiro atoms. The Morgan fingerprint density at radius 1 is 0.968 bits per heavy atom. The molecule has 0 aromatic heterocycles. The lowest BCUT2D eigenvalue weighted by molar-refractivity contribution is -0.286. The van der Waals surface area contributed by atoms with Gasteiger partial charge in [-0.2, -0.15) is 0 Å². The summed E-state index contributed by atoms with van der Waals surface area (Å²) in [5.74, 6) is -2.58. The Hall–Kier alpha value is -2.74. The number of ether oxygens (including phenoxy) is 4. The summed E-state index contributed by atoms with van der Waals surface area (Å²) in [4.78, 5) is 24.9. The van der Waals surface area contributed by atoms with E-state index in [0.29, 0.717) is 17.5 Å². The third-order valence-electron chi connectivity index (χ3n) is 5.14. The Labute approximate surface area is 181 Å². The van der Waals surface area contributed by atoms with E-state index in [0.717, 1.165) is 0 Å². The highest BCUT2D eigenvalue weighted by atomic mass is 16.8. The molecule has 31 heavy (non-hydrogen) atoms. The molecule has 1 heterocycles. The monoisotopic (exact) mass is 428 g/mol. The van der Waals surface area contributed by atoms with Crippen molar-refractivity contribution in [2.75, 3.05) is 13.2 Å². The molecule has 1 saturated heterocycles. The molecule has 2 aromatic rings. The van der Waals surface area contributed by atoms with Crippen molar-refractivity contribution in [3.63, 3.8) is 0 Å². The largest absolute Gasteiger partial charge is 0.459 e. The molecule has 2 atom stereocenters. The highest BCUT2D eigenvalue weighted by Crippen LogP contribution is 2.39. The second-order valence-electron chi connectivity index (χ2n) is 8.20. The van der Waals surface area contributed by atoms with E-state index in [2.05, 4.69) is 0 Å². The fraction of sp³-hybridized carbons (Fsp3) is 0.417. The second-order valence-corrected chi connectivity index (χ2v) is 8.20. The first-order valence-electron chi connectivity index (χ1n) is 10.2. The second kappa shape index (κ2) is 9.60. The lowest BCUT2D eigenvalue weighted by Gasteiger charge is -2.32. The first kappa shape index (κ1) is 22.9. The summed E-state index contributed by atoms with van der Waals surface area (Å²) in [7, 11) is 0. The van der Waals surface area contributed by atoms with E-state index in [1.165, 1.54) is 13.8 Å². The Morgan fingerprint density at radius 2 is 1.42 bits per heavy atom. The standard InChI is InChI=1S/C24H28O7/c1-17-14-20(30-23(2,3)27)31-24(17,15-28-21(25)18-10-6-4-7-11-18)16-29-22(26)19-12-8-5-9-13-19/h4-13,17,20,27H,14-16H2,1-3H3. The van der Waals surface area contributed by atoms with E-state index >= 15 is 0 Å². The van der Waals surface area contributed by atoms with E-state index in [-0.39, 0.29) is 19.1 Å². The smallest absolute Gasteiger partial charge is 0.338 e. The highest BCUT2D eigenvalue weighted by Gasteiger charge is 2.50. The summed E-state index contributed by atoms with van der Waals surface area (Å²) >= 11 is 0. The van der Waals surface area contributed by atoms with E-state index in [1.807, 2.05) is 19.1 Å². The number of hydrogen-bond donors (Lipinski definition) is 1. The van der Waals surface area contributed by atoms with Crippen molar-refractivity contribution in [3.05, 3.63) is 71.8 Å². The number of hydrogen-bond acceptors (Lipinski definition) is 7. The fourth-order valence-electron chi connectivity index (χ4n) is 3.41. The average molecular weight is 428 g/mol. The Kier molecular flexibility index (Phi) is 7.10. The van der Waals surface area contributed by atoms with Crippen LogP contribution in [0.5, 0.6) is 0 Å². The van der Waals surface area contributed by atoms with Gasteiger partial charge in [-0.15, -0.1) is 0 Å². The summed E-state index contributed by atoms with van der Waals surface area (Å²) < 4.78 is 22.7. The van der Waals surface area contributed by atoms with Crippen molar-refractivity contribution >= 4 is 11.9 Å². The molecule has 7 heteroatoms. The Morgan fingerprint density at radius 3 is 1.84 bits per heavy atom. The lowest BCUT2D eigenvalue weighted by atomic mass is 9.90. The molecule has 3 rings (SSSR count). The molecule has 166 valence electrons. The lowest BCUT2D eigenvalue weighted by Crippen LogP contribution is -2.46. The zero-order valence-corrected chi connectivity index (χ0v) is 17.9. The molecule has 0 bridgehead atoms. The first-order chi connectivity index (χ1) is 14.7. The summed E-state index contributed by atoms with van der Waals surface area (Å²) in [5.41, 5.74) is -0.284. The molecule has 1 fully saturated rings. The Balaban J connectivity index is 1.73. The number of carbonyl (C=O) groups is 2. The maximum atomic E-state index is 12.5. The van der Waals surface area contributed by atoms with E-state index in [9.17, 15) is 14.7 Å². The van der Waals surface area contributed by atoms with Crippen LogP contribution in [0.25, 0.3) is 0 Å². The predicted octanol–water partition coefficient (Wildman–Crippen LogP) is 3.57. The van der Waals surface area contributed by atoms with Crippen molar-refractivity contribution in [2.45, 2.75) is 44.9 Å². The van der Waals surface area contributed by atoms with Crippen molar-refractivity contribution < 1.29 is 33.6 Å². The number of esters is 2. The van der Waals surface area contributed by atoms with Gasteiger partial charge in [0.15, 0.2) is 12.1 Å². The third-order valence-corrected chi connectivity index (χ3v) is 5.14. The van der Waals surface area contributed by atoms with E-state index in [4.69, 9.17) is 18.9 Å². The van der Waals surface area contributed by atoms with Crippen LogP contribution in [-0.2, 0) is 18.9 Å². The van der Waals surface area contributed by atoms with Gasteiger partial charge in [-0.25, -0.2) is 9.59 Å². The van der Waals surface area contributed by atoms with Gasteiger partial charge in [-0.3, -0.25) is 0 Å². The van der Waals surface area contributed by atoms with Crippen molar-refractivity contribution in [2.24, 2.45) is 5.92 Å². The zero-order chi connectivity index (χ0) is 22.5. The van der Waals surface area contributed by atoms with Gasteiger partial charge in [0.25, 0.3) is 0 Å². The first-order valence-corrected chi connectivity index (χ1v) is 10.2. The van der Waals surface area contributed by atoms with E-state index in [1.54, 1.807) is 48.5 Å². The molecule has 0 radical (unpaired) electrons. The van der Waals surface area contributed by atoms with E-state index < -0.39 is 29.6 Å². The Bertz CT molecular complexity index is 818. The summed E-state index contributed by atoms with van der Waals surface area (Å²) in [5, 5.41) is 10.00. The van der Waals surface area contributed by atoms with Crippen LogP contribution in [0.2, 0.25) is 0 Å². The van der Waals surface area contributed by atoms with Gasteiger partial charge in [-0.05, 0) is 44.0 Å². The maximum absolute atomic E-state index is 12.5. The molecule has 1 aliphatic rings. The molecule has 2 unspecified atom stereocenters. The zero-order valence-electron chi connectivity index (χ0n) is 17.9. The topological polar surface area (TPSA) is 91.3 Å². The third kappa shape index (κ3) is 6.13. The molecule has 7 nitrogen and oxygen atoms in total. The summed E-state index contributed by atoms with van der Waals surface area (Å²) in [6.07, 6.45) is -0.295. The van der Waals surface area contributed by atoms with Crippen LogP contribution >= 0.6 is 0 Å². The molecule has 0 aliphatic carbocycles. The molecular weight excluding hydrogens is 400 g/mol. The van der Waals surface area contributed by atoms with Gasteiger partial charge in [-0.1, -0.05) is 43.3 Å². The van der Waals surface area contributed by atoms with Crippen LogP contribution in [0.15, 0.2) is 60.7 Å². The van der Waals surface area contributed by atoms with Crippen LogP contribution in [0.1, 0.15) is 47.9 Å². The van der Waals surface area contributed by atoms with Crippen molar-refractivity contribution in [1.29, 1.82) is 0 Å². The molecule has 1 N–H and O–H groups in total. The summed E-state index contributed by atoms with van der Waals surface area (Å²) in [6.45, 7) is 4.66. The predicted molar refractivity (Wildman–Crippen MR) is 112 cm³/mol. The SMILES string of the molecule is CC1CC(OC(C)(C)O)OC1(COC(=O)c1ccccc1)COC(=O)c1ccccc1. The van der Waals surface area contributed by atoms with Crippen LogP contribution in [0.3, 0.4) is 0 Å². The van der Waals surface area contributed by atoms with Gasteiger partial charge in [0.1, 0.15) is 18.8 Å². The minimum atomic E-state index is -1.40. The van der Waals surface area contributed by atoms with Gasteiger partial charge < -0.3 is 24.1 Å². The van der Waals surface area contributed by atoms with Crippen LogP contribution in [0.4, 0.5) is 0 Å². The fourth-order valence-corrected chi connectivity index (χ4v) is 3.41. The van der Waals surface area contributed by atoms with Crippen LogP contribution < -0.4 is 0 Å². The normalized spacial score (nSPS) is 20.3. The molecule has 2 aromatic carbocycles. The van der Waals surface area contributed by atoms with Gasteiger partial charge in [0, 0.05) is 6.42 Å². The number of aliphatic hydroxyl groups is 1. The molecular formula is C24H28O7. The van der Waals surface area contributed by atoms with Gasteiger partial charge in [0.05, 0.1) is 11.1 Å². The van der Waals surface area contributed by atoms with Crippen LogP contribution in [0, 0.1) is 5.92 Å². The minimum absolute atomic E-state index is 0.129. The van der Waals surface area contributed by atoms with Gasteiger partial charge >= 0.3 is 11.9 Å². The van der Waals surface area contributed by atoms with Crippen molar-refractivity contribution in [1.82, 2.24) is 0 Å². The molecule has 0 amide bonds. The quantitative estimate of drug-likeness (QED) is 0.508. The minimum Gasteiger partial charge on any atom is -0.459 e. The number of rotatable bonds is 8. The highest BCUT2D eigenvalue weighted by molar-refractivity contribution is 5.89. The number of benzene rings is 2. The summed E-state index contributed by atoms with van der Waals surface area (Å²) in [6, 6.07) is 17.2. The average Bonchev–Trinajstić information content (AvgIpc) is 3.05.